The molecule has 2 rings (SSSR count). The van der Waals surface area contributed by atoms with Gasteiger partial charge in [0.1, 0.15) is 16.5 Å². The topological polar surface area (TPSA) is 104 Å². The van der Waals surface area contributed by atoms with Gasteiger partial charge in [-0.15, -0.1) is 0 Å². The molecule has 1 aliphatic carbocycles. The SMILES string of the molecule is COc1c(O)c2c(c(O)c1Cl)C(=O)C(=O)C=C2O. The van der Waals surface area contributed by atoms with Crippen LogP contribution in [0.2, 0.25) is 5.02 Å². The normalized spacial score (nSPS) is 14.2. The second-order valence-electron chi connectivity index (χ2n) is 3.52. The van der Waals surface area contributed by atoms with Crippen molar-refractivity contribution in [3.05, 3.63) is 22.2 Å². The molecular formula is C11H7ClO6. The van der Waals surface area contributed by atoms with Crippen LogP contribution in [0.3, 0.4) is 0 Å². The molecule has 0 saturated carbocycles. The first-order valence-corrected chi connectivity index (χ1v) is 5.09. The number of carbonyl (C=O) groups excluding carboxylic acids is 2. The van der Waals surface area contributed by atoms with Crippen molar-refractivity contribution in [2.75, 3.05) is 7.11 Å². The second kappa shape index (κ2) is 3.92. The van der Waals surface area contributed by atoms with E-state index in [0.29, 0.717) is 6.08 Å². The molecule has 1 aromatic carbocycles. The van der Waals surface area contributed by atoms with E-state index in [1.165, 1.54) is 7.11 Å². The van der Waals surface area contributed by atoms with Crippen LogP contribution in [0.25, 0.3) is 5.76 Å². The zero-order valence-corrected chi connectivity index (χ0v) is 9.78. The number of carbonyl (C=O) groups is 2. The lowest BCUT2D eigenvalue weighted by molar-refractivity contribution is -0.111. The molecule has 7 heteroatoms. The molecule has 18 heavy (non-hydrogen) atoms. The van der Waals surface area contributed by atoms with Gasteiger partial charge in [-0.2, -0.15) is 0 Å². The first-order valence-electron chi connectivity index (χ1n) is 4.71. The van der Waals surface area contributed by atoms with Crippen molar-refractivity contribution in [1.82, 2.24) is 0 Å². The second-order valence-corrected chi connectivity index (χ2v) is 3.90. The Kier molecular flexibility index (Phi) is 2.67. The highest BCUT2D eigenvalue weighted by Gasteiger charge is 2.35. The molecule has 0 radical (unpaired) electrons. The monoisotopic (exact) mass is 270 g/mol. The fraction of sp³-hybridized carbons (Fsp3) is 0.0909. The molecule has 0 fully saturated rings. The van der Waals surface area contributed by atoms with Gasteiger partial charge in [0.15, 0.2) is 11.5 Å². The summed E-state index contributed by atoms with van der Waals surface area (Å²) in [7, 11) is 1.18. The van der Waals surface area contributed by atoms with Crippen LogP contribution in [-0.4, -0.2) is 34.0 Å². The minimum Gasteiger partial charge on any atom is -0.507 e. The van der Waals surface area contributed by atoms with E-state index in [0.717, 1.165) is 0 Å². The Morgan fingerprint density at radius 2 is 1.72 bits per heavy atom. The van der Waals surface area contributed by atoms with Gasteiger partial charge in [-0.1, -0.05) is 11.6 Å². The number of aromatic hydroxyl groups is 2. The van der Waals surface area contributed by atoms with Gasteiger partial charge in [-0.05, 0) is 0 Å². The Morgan fingerprint density at radius 1 is 1.11 bits per heavy atom. The van der Waals surface area contributed by atoms with Crippen LogP contribution >= 0.6 is 11.6 Å². The summed E-state index contributed by atoms with van der Waals surface area (Å²) in [5, 5.41) is 28.8. The summed E-state index contributed by atoms with van der Waals surface area (Å²) in [4.78, 5) is 22.9. The molecule has 0 heterocycles. The van der Waals surface area contributed by atoms with Gasteiger partial charge in [0.05, 0.1) is 18.2 Å². The number of phenolic OH excluding ortho intramolecular Hbond substituents is 2. The highest BCUT2D eigenvalue weighted by atomic mass is 35.5. The lowest BCUT2D eigenvalue weighted by Gasteiger charge is -2.18. The van der Waals surface area contributed by atoms with E-state index in [4.69, 9.17) is 16.3 Å². The van der Waals surface area contributed by atoms with Gasteiger partial charge >= 0.3 is 0 Å². The number of aliphatic hydroxyl groups is 1. The summed E-state index contributed by atoms with van der Waals surface area (Å²) in [5.74, 6) is -4.37. The van der Waals surface area contributed by atoms with Crippen molar-refractivity contribution >= 4 is 28.9 Å². The molecule has 94 valence electrons. The molecule has 6 nitrogen and oxygen atoms in total. The molecule has 0 aromatic heterocycles. The lowest BCUT2D eigenvalue weighted by atomic mass is 9.91. The van der Waals surface area contributed by atoms with Crippen LogP contribution in [0.1, 0.15) is 15.9 Å². The summed E-state index contributed by atoms with van der Waals surface area (Å²) >= 11 is 5.70. The summed E-state index contributed by atoms with van der Waals surface area (Å²) < 4.78 is 4.76. The molecule has 0 aliphatic heterocycles. The van der Waals surface area contributed by atoms with Gasteiger partial charge in [0.25, 0.3) is 0 Å². The highest BCUT2D eigenvalue weighted by Crippen LogP contribution is 2.49. The zero-order chi connectivity index (χ0) is 13.6. The van der Waals surface area contributed by atoms with Crippen LogP contribution in [0, 0.1) is 0 Å². The fourth-order valence-corrected chi connectivity index (χ4v) is 1.97. The molecule has 1 aliphatic rings. The van der Waals surface area contributed by atoms with Gasteiger partial charge in [0, 0.05) is 6.08 Å². The molecule has 0 bridgehead atoms. The van der Waals surface area contributed by atoms with E-state index in [9.17, 15) is 24.9 Å². The molecule has 0 spiro atoms. The van der Waals surface area contributed by atoms with Crippen LogP contribution in [-0.2, 0) is 4.79 Å². The van der Waals surface area contributed by atoms with Gasteiger partial charge < -0.3 is 20.1 Å². The molecule has 0 amide bonds. The van der Waals surface area contributed by atoms with Crippen LogP contribution in [0.15, 0.2) is 6.08 Å². The van der Waals surface area contributed by atoms with E-state index in [2.05, 4.69) is 0 Å². The van der Waals surface area contributed by atoms with Crippen molar-refractivity contribution in [2.45, 2.75) is 0 Å². The number of halogens is 1. The maximum Gasteiger partial charge on any atom is 0.237 e. The number of allylic oxidation sites excluding steroid dienone is 1. The molecule has 3 N–H and O–H groups in total. The smallest absolute Gasteiger partial charge is 0.237 e. The Morgan fingerprint density at radius 3 is 2.28 bits per heavy atom. The number of Topliss-reactive ketones (excluding diaryl/α,β-unsaturated/α-hetero) is 1. The molecule has 0 unspecified atom stereocenters. The number of phenols is 2. The van der Waals surface area contributed by atoms with Crippen LogP contribution in [0.5, 0.6) is 17.2 Å². The minimum absolute atomic E-state index is 0.296. The van der Waals surface area contributed by atoms with Gasteiger partial charge in [0.2, 0.25) is 11.6 Å². The number of methoxy groups -OCH3 is 1. The number of fused-ring (bicyclic) bond motifs is 1. The third-order valence-electron chi connectivity index (χ3n) is 2.52. The van der Waals surface area contributed by atoms with Crippen molar-refractivity contribution in [1.29, 1.82) is 0 Å². The number of aliphatic hydroxyl groups excluding tert-OH is 1. The summed E-state index contributed by atoms with van der Waals surface area (Å²) in [5.41, 5.74) is -0.915. The number of rotatable bonds is 1. The van der Waals surface area contributed by atoms with E-state index in [1.54, 1.807) is 0 Å². The number of benzene rings is 1. The predicted molar refractivity (Wildman–Crippen MR) is 61.3 cm³/mol. The molecule has 1 aromatic rings. The van der Waals surface area contributed by atoms with Crippen molar-refractivity contribution in [3.63, 3.8) is 0 Å². The van der Waals surface area contributed by atoms with Crippen LogP contribution in [0.4, 0.5) is 0 Å². The van der Waals surface area contributed by atoms with Crippen molar-refractivity contribution < 1.29 is 29.6 Å². The quantitative estimate of drug-likeness (QED) is 0.527. The average Bonchev–Trinajstić information content (AvgIpc) is 2.31. The maximum absolute atomic E-state index is 11.6. The third-order valence-corrected chi connectivity index (χ3v) is 2.88. The minimum atomic E-state index is -1.07. The maximum atomic E-state index is 11.6. The number of hydrogen-bond acceptors (Lipinski definition) is 6. The fourth-order valence-electron chi connectivity index (χ4n) is 1.71. The summed E-state index contributed by atoms with van der Waals surface area (Å²) in [6, 6.07) is 0. The van der Waals surface area contributed by atoms with Crippen molar-refractivity contribution in [3.8, 4) is 17.2 Å². The summed E-state index contributed by atoms with van der Waals surface area (Å²) in [6.07, 6.45) is 0.650. The predicted octanol–water partition coefficient (Wildman–Crippen LogP) is 1.42. The first kappa shape index (κ1) is 12.3. The Balaban J connectivity index is 2.94. The van der Waals surface area contributed by atoms with E-state index in [-0.39, 0.29) is 11.3 Å². The van der Waals surface area contributed by atoms with E-state index in [1.807, 2.05) is 0 Å². The van der Waals surface area contributed by atoms with Crippen molar-refractivity contribution in [2.24, 2.45) is 0 Å². The van der Waals surface area contributed by atoms with Gasteiger partial charge in [-0.3, -0.25) is 9.59 Å². The number of hydrogen-bond donors (Lipinski definition) is 3. The first-order chi connectivity index (χ1) is 8.40. The van der Waals surface area contributed by atoms with Crippen LogP contribution < -0.4 is 4.74 Å². The molecule has 0 saturated heterocycles. The zero-order valence-electron chi connectivity index (χ0n) is 9.02. The van der Waals surface area contributed by atoms with E-state index >= 15 is 0 Å². The average molecular weight is 271 g/mol. The summed E-state index contributed by atoms with van der Waals surface area (Å²) in [6.45, 7) is 0. The Bertz CT molecular complexity index is 617. The molecule has 0 atom stereocenters. The largest absolute Gasteiger partial charge is 0.507 e. The number of ether oxygens (including phenoxy) is 1. The Hall–Kier alpha value is -2.21. The molecular weight excluding hydrogens is 264 g/mol. The highest BCUT2D eigenvalue weighted by molar-refractivity contribution is 6.51. The van der Waals surface area contributed by atoms with Gasteiger partial charge in [-0.25, -0.2) is 0 Å². The standard InChI is InChI=1S/C11H7ClO6/c1-18-11-7(12)9(16)6-5(10(11)17)3(13)2-4(14)8(6)15/h2,13,16-17H,1H3. The Labute approximate surface area is 106 Å². The number of ketones is 2. The third kappa shape index (κ3) is 1.42. The van der Waals surface area contributed by atoms with E-state index < -0.39 is 39.4 Å². The lowest BCUT2D eigenvalue weighted by Crippen LogP contribution is -2.19.